The van der Waals surface area contributed by atoms with Crippen LogP contribution in [0.2, 0.25) is 0 Å². The molecular weight excluding hydrogens is 397 g/mol. The van der Waals surface area contributed by atoms with Crippen LogP contribution in [0.3, 0.4) is 0 Å². The van der Waals surface area contributed by atoms with Crippen molar-refractivity contribution in [2.75, 3.05) is 26.2 Å². The summed E-state index contributed by atoms with van der Waals surface area (Å²) in [6.07, 6.45) is 0.771. The fourth-order valence-electron chi connectivity index (χ4n) is 3.33. The van der Waals surface area contributed by atoms with Gasteiger partial charge in [0.05, 0.1) is 11.4 Å². The number of nitrogens with one attached hydrogen (secondary N) is 1. The Morgan fingerprint density at radius 3 is 2.21 bits per heavy atom. The average molecular weight is 428 g/mol. The van der Waals surface area contributed by atoms with Crippen molar-refractivity contribution in [3.8, 4) is 0 Å². The Labute approximate surface area is 172 Å². The van der Waals surface area contributed by atoms with Gasteiger partial charge in [0.25, 0.3) is 0 Å². The second kappa shape index (κ2) is 9.21. The third-order valence-corrected chi connectivity index (χ3v) is 6.71. The number of piperidine rings is 1. The molecule has 7 nitrogen and oxygen atoms in total. The van der Waals surface area contributed by atoms with Crippen molar-refractivity contribution in [1.82, 2.24) is 14.5 Å². The summed E-state index contributed by atoms with van der Waals surface area (Å²) in [5, 5.41) is 2.84. The lowest BCUT2D eigenvalue weighted by Gasteiger charge is -2.33. The first kappa shape index (κ1) is 23.3. The first-order valence-corrected chi connectivity index (χ1v) is 11.2. The summed E-state index contributed by atoms with van der Waals surface area (Å²) in [5.74, 6) is -1.17. The third kappa shape index (κ3) is 6.24. The van der Waals surface area contributed by atoms with E-state index in [1.165, 1.54) is 21.3 Å². The predicted octanol–water partition coefficient (Wildman–Crippen LogP) is 1.99. The molecule has 0 aromatic heterocycles. The van der Waals surface area contributed by atoms with Crippen molar-refractivity contribution in [2.45, 2.75) is 51.0 Å². The highest BCUT2D eigenvalue weighted by Crippen LogP contribution is 2.25. The van der Waals surface area contributed by atoms with Gasteiger partial charge in [0, 0.05) is 31.1 Å². The molecule has 1 aromatic rings. The zero-order chi connectivity index (χ0) is 21.8. The number of benzene rings is 1. The monoisotopic (exact) mass is 427 g/mol. The number of nitrogens with zero attached hydrogens (tertiary/aromatic N) is 2. The predicted molar refractivity (Wildman–Crippen MR) is 108 cm³/mol. The van der Waals surface area contributed by atoms with E-state index in [0.717, 1.165) is 12.1 Å². The highest BCUT2D eigenvalue weighted by Gasteiger charge is 2.34. The van der Waals surface area contributed by atoms with Crippen LogP contribution in [0.1, 0.15) is 40.5 Å². The number of likely N-dealkylation sites (N-methyl/N-ethyl adjacent to an activating group) is 1. The van der Waals surface area contributed by atoms with Crippen molar-refractivity contribution in [1.29, 1.82) is 0 Å². The number of carbonyl (C=O) groups is 2. The normalized spacial score (nSPS) is 16.4. The van der Waals surface area contributed by atoms with Gasteiger partial charge in [-0.25, -0.2) is 12.8 Å². The molecule has 29 heavy (non-hydrogen) atoms. The van der Waals surface area contributed by atoms with E-state index in [0.29, 0.717) is 19.4 Å². The van der Waals surface area contributed by atoms with Crippen LogP contribution in [0.15, 0.2) is 29.2 Å². The molecule has 162 valence electrons. The van der Waals surface area contributed by atoms with Gasteiger partial charge in [-0.3, -0.25) is 9.59 Å². The zero-order valence-electron chi connectivity index (χ0n) is 17.4. The van der Waals surface area contributed by atoms with Gasteiger partial charge in [0.1, 0.15) is 5.82 Å². The summed E-state index contributed by atoms with van der Waals surface area (Å²) in [5.41, 5.74) is -0.375. The minimum atomic E-state index is -3.72. The molecule has 0 unspecified atom stereocenters. The summed E-state index contributed by atoms with van der Waals surface area (Å²) in [6, 6.07) is 4.72. The molecule has 0 aliphatic carbocycles. The van der Waals surface area contributed by atoms with Gasteiger partial charge in [-0.05, 0) is 64.8 Å². The van der Waals surface area contributed by atoms with Crippen LogP contribution in [-0.2, 0) is 19.6 Å². The van der Waals surface area contributed by atoms with E-state index in [1.54, 1.807) is 0 Å². The number of carbonyl (C=O) groups excluding carboxylic acids is 2. The molecule has 1 heterocycles. The molecule has 0 atom stereocenters. The molecule has 0 spiro atoms. The lowest BCUT2D eigenvalue weighted by atomic mass is 9.96. The Kier molecular flexibility index (Phi) is 7.40. The number of sulfonamides is 1. The standard InChI is InChI=1S/C20H30FN3O4S/c1-5-23(14-18(25)22-20(2,3)4)19(26)15-10-12-24(13-11-15)29(27,28)17-8-6-16(21)7-9-17/h6-9,15H,5,10-14H2,1-4H3,(H,22,25). The van der Waals surface area contributed by atoms with Crippen molar-refractivity contribution in [3.63, 3.8) is 0 Å². The van der Waals surface area contributed by atoms with E-state index < -0.39 is 15.8 Å². The van der Waals surface area contributed by atoms with E-state index in [4.69, 9.17) is 0 Å². The molecule has 0 saturated carbocycles. The number of halogens is 1. The van der Waals surface area contributed by atoms with Crippen molar-refractivity contribution in [3.05, 3.63) is 30.1 Å². The minimum absolute atomic E-state index is 0.0132. The number of rotatable bonds is 6. The molecule has 1 aliphatic rings. The van der Waals surface area contributed by atoms with Crippen LogP contribution < -0.4 is 5.32 Å². The molecule has 0 bridgehead atoms. The first-order chi connectivity index (χ1) is 13.4. The van der Waals surface area contributed by atoms with E-state index in [-0.39, 0.29) is 47.8 Å². The van der Waals surface area contributed by atoms with Gasteiger partial charge < -0.3 is 10.2 Å². The van der Waals surface area contributed by atoms with Crippen molar-refractivity contribution in [2.24, 2.45) is 5.92 Å². The molecule has 2 rings (SSSR count). The Balaban J connectivity index is 1.97. The maximum absolute atomic E-state index is 13.1. The largest absolute Gasteiger partial charge is 0.350 e. The summed E-state index contributed by atoms with van der Waals surface area (Å²) < 4.78 is 39.8. The Morgan fingerprint density at radius 1 is 1.17 bits per heavy atom. The second-order valence-corrected chi connectivity index (χ2v) is 10.2. The fourth-order valence-corrected chi connectivity index (χ4v) is 4.80. The molecule has 1 aromatic carbocycles. The summed E-state index contributed by atoms with van der Waals surface area (Å²) in [6.45, 7) is 8.26. The third-order valence-electron chi connectivity index (χ3n) is 4.80. The van der Waals surface area contributed by atoms with Gasteiger partial charge in [-0.1, -0.05) is 0 Å². The van der Waals surface area contributed by atoms with Crippen LogP contribution in [0, 0.1) is 11.7 Å². The highest BCUT2D eigenvalue weighted by molar-refractivity contribution is 7.89. The topological polar surface area (TPSA) is 86.8 Å². The molecule has 1 aliphatic heterocycles. The maximum atomic E-state index is 13.1. The summed E-state index contributed by atoms with van der Waals surface area (Å²) >= 11 is 0. The molecule has 1 saturated heterocycles. The lowest BCUT2D eigenvalue weighted by molar-refractivity contribution is -0.140. The smallest absolute Gasteiger partial charge is 0.243 e. The van der Waals surface area contributed by atoms with Gasteiger partial charge in [-0.15, -0.1) is 0 Å². The molecule has 1 fully saturated rings. The Bertz CT molecular complexity index is 826. The van der Waals surface area contributed by atoms with Crippen LogP contribution in [0.25, 0.3) is 0 Å². The van der Waals surface area contributed by atoms with Gasteiger partial charge in [0.15, 0.2) is 0 Å². The molecule has 0 radical (unpaired) electrons. The number of hydrogen-bond donors (Lipinski definition) is 1. The molecule has 2 amide bonds. The second-order valence-electron chi connectivity index (χ2n) is 8.28. The highest BCUT2D eigenvalue weighted by atomic mass is 32.2. The SMILES string of the molecule is CCN(CC(=O)NC(C)(C)C)C(=O)C1CCN(S(=O)(=O)c2ccc(F)cc2)CC1. The molecular formula is C20H30FN3O4S. The minimum Gasteiger partial charge on any atom is -0.350 e. The van der Waals surface area contributed by atoms with E-state index in [2.05, 4.69) is 5.32 Å². The maximum Gasteiger partial charge on any atom is 0.243 e. The Morgan fingerprint density at radius 2 is 1.72 bits per heavy atom. The quantitative estimate of drug-likeness (QED) is 0.752. The van der Waals surface area contributed by atoms with E-state index >= 15 is 0 Å². The number of amides is 2. The fraction of sp³-hybridized carbons (Fsp3) is 0.600. The van der Waals surface area contributed by atoms with Crippen LogP contribution in [0.5, 0.6) is 0 Å². The number of hydrogen-bond acceptors (Lipinski definition) is 4. The van der Waals surface area contributed by atoms with Gasteiger partial charge in [-0.2, -0.15) is 4.31 Å². The van der Waals surface area contributed by atoms with Gasteiger partial charge in [0.2, 0.25) is 21.8 Å². The molecule has 1 N–H and O–H groups in total. The van der Waals surface area contributed by atoms with Crippen molar-refractivity contribution < 1.29 is 22.4 Å². The van der Waals surface area contributed by atoms with Crippen LogP contribution in [-0.4, -0.2) is 61.2 Å². The summed E-state index contributed by atoms with van der Waals surface area (Å²) in [4.78, 5) is 26.5. The lowest BCUT2D eigenvalue weighted by Crippen LogP contribution is -2.49. The Hall–Kier alpha value is -2.00. The van der Waals surface area contributed by atoms with Crippen molar-refractivity contribution >= 4 is 21.8 Å². The van der Waals surface area contributed by atoms with Gasteiger partial charge >= 0.3 is 0 Å². The van der Waals surface area contributed by atoms with Crippen LogP contribution in [0.4, 0.5) is 4.39 Å². The van der Waals surface area contributed by atoms with Crippen LogP contribution >= 0.6 is 0 Å². The summed E-state index contributed by atoms with van der Waals surface area (Å²) in [7, 11) is -3.72. The van der Waals surface area contributed by atoms with E-state index in [1.807, 2.05) is 27.7 Å². The first-order valence-electron chi connectivity index (χ1n) is 9.79. The average Bonchev–Trinajstić information content (AvgIpc) is 2.64. The molecule has 9 heteroatoms. The van der Waals surface area contributed by atoms with E-state index in [9.17, 15) is 22.4 Å². The zero-order valence-corrected chi connectivity index (χ0v) is 18.3.